The van der Waals surface area contributed by atoms with Crippen molar-refractivity contribution in [2.24, 2.45) is 0 Å². The molecule has 6 nitrogen and oxygen atoms in total. The number of hydrogen-bond donors (Lipinski definition) is 1. The van der Waals surface area contributed by atoms with Crippen LogP contribution in [0.3, 0.4) is 0 Å². The topological polar surface area (TPSA) is 59.5 Å². The summed E-state index contributed by atoms with van der Waals surface area (Å²) in [4.78, 5) is 12.9. The van der Waals surface area contributed by atoms with E-state index in [0.717, 1.165) is 45.5 Å². The number of aromatic nitrogens is 2. The molecule has 0 aliphatic carbocycles. The van der Waals surface area contributed by atoms with Crippen molar-refractivity contribution in [3.63, 3.8) is 0 Å². The highest BCUT2D eigenvalue weighted by Gasteiger charge is 2.14. The van der Waals surface area contributed by atoms with Crippen LogP contribution < -0.4 is 14.8 Å². The first-order chi connectivity index (χ1) is 15.6. The molecule has 0 amide bonds. The van der Waals surface area contributed by atoms with Gasteiger partial charge in [0.05, 0.1) is 26.2 Å². The van der Waals surface area contributed by atoms with Gasteiger partial charge in [0.25, 0.3) is 0 Å². The lowest BCUT2D eigenvalue weighted by Gasteiger charge is -2.17. The first kappa shape index (κ1) is 22.0. The summed E-state index contributed by atoms with van der Waals surface area (Å²) in [5.41, 5.74) is 3.52. The average Bonchev–Trinajstić information content (AvgIpc) is 3.18. The summed E-state index contributed by atoms with van der Waals surface area (Å²) in [6.07, 6.45) is 0. The number of rotatable bonds is 9. The summed E-state index contributed by atoms with van der Waals surface area (Å²) in [5.74, 6) is 3.40. The number of ether oxygens (including phenoxy) is 2. The van der Waals surface area contributed by atoms with Gasteiger partial charge in [0.1, 0.15) is 28.0 Å². The van der Waals surface area contributed by atoms with Crippen LogP contribution in [0.5, 0.6) is 11.5 Å². The van der Waals surface area contributed by atoms with Crippen LogP contribution in [0, 0.1) is 6.92 Å². The normalized spacial score (nSPS) is 11.2. The molecule has 0 unspecified atom stereocenters. The maximum Gasteiger partial charge on any atom is 0.146 e. The van der Waals surface area contributed by atoms with Gasteiger partial charge >= 0.3 is 0 Å². The van der Waals surface area contributed by atoms with Crippen molar-refractivity contribution in [1.29, 1.82) is 0 Å². The highest BCUT2D eigenvalue weighted by Crippen LogP contribution is 2.30. The highest BCUT2D eigenvalue weighted by atomic mass is 32.1. The second-order valence-electron chi connectivity index (χ2n) is 7.82. The molecule has 2 heterocycles. The third-order valence-electron chi connectivity index (χ3n) is 5.26. The Morgan fingerprint density at radius 1 is 0.938 bits per heavy atom. The highest BCUT2D eigenvalue weighted by molar-refractivity contribution is 7.17. The van der Waals surface area contributed by atoms with E-state index in [2.05, 4.69) is 47.8 Å². The monoisotopic (exact) mass is 448 g/mol. The van der Waals surface area contributed by atoms with Crippen LogP contribution in [0.1, 0.15) is 22.5 Å². The molecule has 0 spiro atoms. The van der Waals surface area contributed by atoms with E-state index in [1.807, 2.05) is 30.3 Å². The number of aryl methyl sites for hydroxylation is 1. The van der Waals surface area contributed by atoms with Crippen molar-refractivity contribution in [2.75, 3.05) is 26.6 Å². The van der Waals surface area contributed by atoms with Gasteiger partial charge in [-0.25, -0.2) is 9.97 Å². The van der Waals surface area contributed by atoms with E-state index in [4.69, 9.17) is 19.4 Å². The number of methoxy groups -OCH3 is 2. The lowest BCUT2D eigenvalue weighted by Crippen LogP contribution is -2.19. The van der Waals surface area contributed by atoms with E-state index in [1.165, 1.54) is 11.1 Å². The molecule has 4 rings (SSSR count). The van der Waals surface area contributed by atoms with Crippen LogP contribution in [0.15, 0.2) is 53.9 Å². The van der Waals surface area contributed by atoms with Crippen molar-refractivity contribution >= 4 is 27.4 Å². The van der Waals surface area contributed by atoms with Gasteiger partial charge in [-0.05, 0) is 60.3 Å². The van der Waals surface area contributed by atoms with E-state index in [9.17, 15) is 0 Å². The maximum atomic E-state index is 5.34. The summed E-state index contributed by atoms with van der Waals surface area (Å²) in [6.45, 7) is 4.21. The SMILES string of the molecule is COc1cccc(CNc2nc(CN(C)Cc3cccc(OC)c3)nc3scc(C)c23)c1. The summed E-state index contributed by atoms with van der Waals surface area (Å²) in [6, 6.07) is 16.2. The van der Waals surface area contributed by atoms with Gasteiger partial charge in [-0.2, -0.15) is 0 Å². The van der Waals surface area contributed by atoms with E-state index >= 15 is 0 Å². The lowest BCUT2D eigenvalue weighted by molar-refractivity contribution is 0.310. The largest absolute Gasteiger partial charge is 0.497 e. The Kier molecular flexibility index (Phi) is 6.87. The molecule has 166 valence electrons. The van der Waals surface area contributed by atoms with Gasteiger partial charge in [-0.15, -0.1) is 11.3 Å². The molecule has 0 bridgehead atoms. The zero-order chi connectivity index (χ0) is 22.5. The molecule has 0 saturated heterocycles. The molecule has 0 atom stereocenters. The number of fused-ring (bicyclic) bond motifs is 1. The van der Waals surface area contributed by atoms with Crippen molar-refractivity contribution in [3.8, 4) is 11.5 Å². The quantitative estimate of drug-likeness (QED) is 0.377. The van der Waals surface area contributed by atoms with E-state index < -0.39 is 0 Å². The Morgan fingerprint density at radius 3 is 2.34 bits per heavy atom. The Hall–Kier alpha value is -3.16. The van der Waals surface area contributed by atoms with Crippen molar-refractivity contribution < 1.29 is 9.47 Å². The molecule has 4 aromatic rings. The molecule has 1 N–H and O–H groups in total. The lowest BCUT2D eigenvalue weighted by atomic mass is 10.2. The fraction of sp³-hybridized carbons (Fsp3) is 0.280. The molecule has 7 heteroatoms. The zero-order valence-corrected chi connectivity index (χ0v) is 19.7. The van der Waals surface area contributed by atoms with E-state index in [-0.39, 0.29) is 0 Å². The van der Waals surface area contributed by atoms with Crippen molar-refractivity contribution in [3.05, 3.63) is 76.4 Å². The Bertz CT molecular complexity index is 1210. The number of benzene rings is 2. The second kappa shape index (κ2) is 9.97. The second-order valence-corrected chi connectivity index (χ2v) is 8.67. The number of thiophene rings is 1. The minimum absolute atomic E-state index is 0.651. The third kappa shape index (κ3) is 5.18. The van der Waals surface area contributed by atoms with Gasteiger partial charge in [-0.3, -0.25) is 4.90 Å². The standard InChI is InChI=1S/C25H28N4O2S/c1-17-16-32-25-23(17)24(26-13-18-7-5-9-20(11-18)30-3)27-22(28-25)15-29(2)14-19-8-6-10-21(12-19)31-4/h5-12,16H,13-15H2,1-4H3,(H,26,27,28). The van der Waals surface area contributed by atoms with E-state index in [1.54, 1.807) is 25.6 Å². The summed E-state index contributed by atoms with van der Waals surface area (Å²) < 4.78 is 10.7. The average molecular weight is 449 g/mol. The molecule has 2 aromatic carbocycles. The van der Waals surface area contributed by atoms with Gasteiger partial charge < -0.3 is 14.8 Å². The van der Waals surface area contributed by atoms with Gasteiger partial charge in [-0.1, -0.05) is 24.3 Å². The molecule has 32 heavy (non-hydrogen) atoms. The molecule has 0 radical (unpaired) electrons. The van der Waals surface area contributed by atoms with Crippen LogP contribution in [0.4, 0.5) is 5.82 Å². The molecule has 0 aliphatic heterocycles. The summed E-state index contributed by atoms with van der Waals surface area (Å²) in [7, 11) is 5.45. The molecule has 0 saturated carbocycles. The minimum Gasteiger partial charge on any atom is -0.497 e. The van der Waals surface area contributed by atoms with Crippen LogP contribution in [0.25, 0.3) is 10.2 Å². The number of nitrogens with zero attached hydrogens (tertiary/aromatic N) is 3. The van der Waals surface area contributed by atoms with Crippen molar-refractivity contribution in [2.45, 2.75) is 26.6 Å². The summed E-state index contributed by atoms with van der Waals surface area (Å²) in [5, 5.41) is 6.76. The van der Waals surface area contributed by atoms with Crippen LogP contribution in [0.2, 0.25) is 0 Å². The number of hydrogen-bond acceptors (Lipinski definition) is 7. The predicted octanol–water partition coefficient (Wildman–Crippen LogP) is 5.26. The number of nitrogens with one attached hydrogen (secondary N) is 1. The van der Waals surface area contributed by atoms with E-state index in [0.29, 0.717) is 13.1 Å². The Balaban J connectivity index is 1.53. The zero-order valence-electron chi connectivity index (χ0n) is 18.9. The van der Waals surface area contributed by atoms with Gasteiger partial charge in [0.2, 0.25) is 0 Å². The third-order valence-corrected chi connectivity index (χ3v) is 6.25. The predicted molar refractivity (Wildman–Crippen MR) is 131 cm³/mol. The van der Waals surface area contributed by atoms with Crippen LogP contribution >= 0.6 is 11.3 Å². The molecular weight excluding hydrogens is 420 g/mol. The van der Waals surface area contributed by atoms with Crippen molar-refractivity contribution in [1.82, 2.24) is 14.9 Å². The fourth-order valence-corrected chi connectivity index (χ4v) is 4.61. The maximum absolute atomic E-state index is 5.34. The molecule has 0 fully saturated rings. The summed E-state index contributed by atoms with van der Waals surface area (Å²) >= 11 is 1.66. The number of anilines is 1. The molecule has 0 aliphatic rings. The fourth-order valence-electron chi connectivity index (χ4n) is 3.67. The molecular formula is C25H28N4O2S. The first-order valence-electron chi connectivity index (χ1n) is 10.5. The van der Waals surface area contributed by atoms with Crippen LogP contribution in [-0.2, 0) is 19.6 Å². The van der Waals surface area contributed by atoms with Gasteiger partial charge in [0, 0.05) is 13.1 Å². The smallest absolute Gasteiger partial charge is 0.146 e. The molecule has 2 aromatic heterocycles. The minimum atomic E-state index is 0.651. The Morgan fingerprint density at radius 2 is 1.62 bits per heavy atom. The van der Waals surface area contributed by atoms with Crippen LogP contribution in [-0.4, -0.2) is 36.1 Å². The first-order valence-corrected chi connectivity index (χ1v) is 11.4. The van der Waals surface area contributed by atoms with Gasteiger partial charge in [0.15, 0.2) is 0 Å². The Labute approximate surface area is 192 Å².